The molecule has 0 aliphatic rings. The summed E-state index contributed by atoms with van der Waals surface area (Å²) in [6.45, 7) is 4.63. The summed E-state index contributed by atoms with van der Waals surface area (Å²) in [5.74, 6) is 0.220. The van der Waals surface area contributed by atoms with Crippen LogP contribution >= 0.6 is 45.6 Å². The van der Waals surface area contributed by atoms with E-state index in [0.717, 1.165) is 20.6 Å². The average molecular weight is 384 g/mol. The molecule has 3 rings (SSSR count). The van der Waals surface area contributed by atoms with Crippen molar-refractivity contribution < 1.29 is 4.79 Å². The zero-order valence-electron chi connectivity index (χ0n) is 12.5. The molecule has 0 saturated heterocycles. The van der Waals surface area contributed by atoms with Crippen LogP contribution in [0.25, 0.3) is 9.88 Å². The maximum Gasteiger partial charge on any atom is 0.271 e. The van der Waals surface area contributed by atoms with Gasteiger partial charge in [-0.25, -0.2) is 9.97 Å². The van der Waals surface area contributed by atoms with Crippen LogP contribution in [0.2, 0.25) is 4.34 Å². The number of halogens is 1. The quantitative estimate of drug-likeness (QED) is 0.671. The lowest BCUT2D eigenvalue weighted by molar-refractivity contribution is 0.0946. The Kier molecular flexibility index (Phi) is 5.11. The van der Waals surface area contributed by atoms with E-state index < -0.39 is 0 Å². The summed E-state index contributed by atoms with van der Waals surface area (Å²) >= 11 is 10.4. The minimum atomic E-state index is -0.186. The highest BCUT2D eigenvalue weighted by Gasteiger charge is 2.14. The molecule has 0 spiro atoms. The van der Waals surface area contributed by atoms with Crippen molar-refractivity contribution in [3.8, 4) is 9.88 Å². The summed E-state index contributed by atoms with van der Waals surface area (Å²) in [6.07, 6.45) is 0. The van der Waals surface area contributed by atoms with Gasteiger partial charge in [-0.15, -0.1) is 34.0 Å². The predicted octanol–water partition coefficient (Wildman–Crippen LogP) is 5.03. The fourth-order valence-electron chi connectivity index (χ4n) is 1.85. The topological polar surface area (TPSA) is 54.9 Å². The number of thiophene rings is 1. The molecule has 3 heterocycles. The van der Waals surface area contributed by atoms with E-state index in [1.165, 1.54) is 22.7 Å². The first-order chi connectivity index (χ1) is 11.0. The van der Waals surface area contributed by atoms with Crippen LogP contribution in [0.3, 0.4) is 0 Å². The Morgan fingerprint density at radius 3 is 2.74 bits per heavy atom. The fourth-order valence-corrected chi connectivity index (χ4v) is 4.60. The number of rotatable bonds is 5. The van der Waals surface area contributed by atoms with Gasteiger partial charge in [-0.05, 0) is 12.1 Å². The molecule has 0 radical (unpaired) electrons. The van der Waals surface area contributed by atoms with Crippen LogP contribution < -0.4 is 5.32 Å². The Labute approximate surface area is 151 Å². The molecule has 4 nitrogen and oxygen atoms in total. The highest BCUT2D eigenvalue weighted by Crippen LogP contribution is 2.32. The highest BCUT2D eigenvalue weighted by atomic mass is 35.5. The molecular formula is C15H14ClN3OS3. The molecule has 0 saturated carbocycles. The number of hydrogen-bond acceptors (Lipinski definition) is 6. The molecule has 0 aromatic carbocycles. The minimum Gasteiger partial charge on any atom is -0.345 e. The van der Waals surface area contributed by atoms with Gasteiger partial charge in [-0.3, -0.25) is 4.79 Å². The minimum absolute atomic E-state index is 0.186. The first kappa shape index (κ1) is 16.6. The Balaban J connectivity index is 1.63. The third-order valence-corrected chi connectivity index (χ3v) is 6.45. The van der Waals surface area contributed by atoms with E-state index in [1.807, 2.05) is 17.5 Å². The number of thiazole rings is 2. The van der Waals surface area contributed by atoms with Crippen LogP contribution in [-0.4, -0.2) is 15.9 Å². The summed E-state index contributed by atoms with van der Waals surface area (Å²) < 4.78 is 0.714. The largest absolute Gasteiger partial charge is 0.345 e. The average Bonchev–Trinajstić information content (AvgIpc) is 3.24. The number of aromatic nitrogens is 2. The van der Waals surface area contributed by atoms with Gasteiger partial charge in [0.25, 0.3) is 5.91 Å². The van der Waals surface area contributed by atoms with E-state index in [4.69, 9.17) is 11.6 Å². The lowest BCUT2D eigenvalue weighted by atomic mass is 10.2. The standard InChI is InChI=1S/C15H14ClN3OS3/c1-8(2)14-18-9(6-21-14)5-17-13(20)10-7-22-15(19-10)11-3-4-12(16)23-11/h3-4,6-8H,5H2,1-2H3,(H,17,20). The third kappa shape index (κ3) is 3.98. The molecule has 0 atom stereocenters. The maximum atomic E-state index is 12.2. The first-order valence-electron chi connectivity index (χ1n) is 6.96. The van der Waals surface area contributed by atoms with Crippen molar-refractivity contribution in [2.75, 3.05) is 0 Å². The van der Waals surface area contributed by atoms with Gasteiger partial charge < -0.3 is 5.32 Å². The summed E-state index contributed by atoms with van der Waals surface area (Å²) in [4.78, 5) is 22.1. The number of carbonyl (C=O) groups excluding carboxylic acids is 1. The Morgan fingerprint density at radius 1 is 1.26 bits per heavy atom. The van der Waals surface area contributed by atoms with Crippen LogP contribution in [-0.2, 0) is 6.54 Å². The van der Waals surface area contributed by atoms with Crippen LogP contribution in [0.1, 0.15) is 41.0 Å². The van der Waals surface area contributed by atoms with Gasteiger partial charge in [0.05, 0.1) is 26.5 Å². The summed E-state index contributed by atoms with van der Waals surface area (Å²) in [7, 11) is 0. The predicted molar refractivity (Wildman–Crippen MR) is 97.8 cm³/mol. The zero-order chi connectivity index (χ0) is 16.4. The molecule has 0 unspecified atom stereocenters. The Hall–Kier alpha value is -1.28. The van der Waals surface area contributed by atoms with Crippen molar-refractivity contribution in [2.45, 2.75) is 26.3 Å². The van der Waals surface area contributed by atoms with E-state index in [-0.39, 0.29) is 5.91 Å². The van der Waals surface area contributed by atoms with Crippen molar-refractivity contribution in [2.24, 2.45) is 0 Å². The van der Waals surface area contributed by atoms with Crippen molar-refractivity contribution in [1.82, 2.24) is 15.3 Å². The van der Waals surface area contributed by atoms with Crippen LogP contribution in [0, 0.1) is 0 Å². The van der Waals surface area contributed by atoms with Gasteiger partial charge in [0.1, 0.15) is 10.7 Å². The van der Waals surface area contributed by atoms with E-state index in [0.29, 0.717) is 22.5 Å². The van der Waals surface area contributed by atoms with E-state index in [9.17, 15) is 4.79 Å². The second-order valence-electron chi connectivity index (χ2n) is 5.16. The van der Waals surface area contributed by atoms with Crippen molar-refractivity contribution in [1.29, 1.82) is 0 Å². The molecular weight excluding hydrogens is 370 g/mol. The smallest absolute Gasteiger partial charge is 0.271 e. The van der Waals surface area contributed by atoms with Crippen LogP contribution in [0.5, 0.6) is 0 Å². The number of amides is 1. The van der Waals surface area contributed by atoms with Crippen molar-refractivity contribution in [3.63, 3.8) is 0 Å². The Morgan fingerprint density at radius 2 is 2.09 bits per heavy atom. The molecule has 0 bridgehead atoms. The van der Waals surface area contributed by atoms with E-state index in [2.05, 4.69) is 29.1 Å². The first-order valence-corrected chi connectivity index (χ1v) is 9.92. The van der Waals surface area contributed by atoms with Gasteiger partial charge in [0, 0.05) is 16.7 Å². The van der Waals surface area contributed by atoms with Crippen LogP contribution in [0.15, 0.2) is 22.9 Å². The molecule has 0 aliphatic heterocycles. The second kappa shape index (κ2) is 7.09. The SMILES string of the molecule is CC(C)c1nc(CNC(=O)c2csc(-c3ccc(Cl)s3)n2)cs1. The molecule has 3 aromatic rings. The van der Waals surface area contributed by atoms with Crippen LogP contribution in [0.4, 0.5) is 0 Å². The molecule has 1 amide bonds. The van der Waals surface area contributed by atoms with E-state index >= 15 is 0 Å². The lowest BCUT2D eigenvalue weighted by Gasteiger charge is -2.00. The number of nitrogens with zero attached hydrogens (tertiary/aromatic N) is 2. The fraction of sp³-hybridized carbons (Fsp3) is 0.267. The lowest BCUT2D eigenvalue weighted by Crippen LogP contribution is -2.23. The number of carbonyl (C=O) groups is 1. The molecule has 0 fully saturated rings. The number of nitrogens with one attached hydrogen (secondary N) is 1. The van der Waals surface area contributed by atoms with Crippen molar-refractivity contribution in [3.05, 3.63) is 43.6 Å². The molecule has 1 N–H and O–H groups in total. The van der Waals surface area contributed by atoms with Gasteiger partial charge >= 0.3 is 0 Å². The highest BCUT2D eigenvalue weighted by molar-refractivity contribution is 7.23. The Bertz CT molecular complexity index is 821. The summed E-state index contributed by atoms with van der Waals surface area (Å²) in [5, 5.41) is 8.50. The van der Waals surface area contributed by atoms with Gasteiger partial charge in [-0.1, -0.05) is 25.4 Å². The van der Waals surface area contributed by atoms with Gasteiger partial charge in [0.15, 0.2) is 0 Å². The zero-order valence-corrected chi connectivity index (χ0v) is 15.7. The van der Waals surface area contributed by atoms with Gasteiger partial charge in [0.2, 0.25) is 0 Å². The molecule has 120 valence electrons. The molecule has 3 aromatic heterocycles. The monoisotopic (exact) mass is 383 g/mol. The normalized spacial score (nSPS) is 11.1. The second-order valence-corrected chi connectivity index (χ2v) is 8.62. The summed E-state index contributed by atoms with van der Waals surface area (Å²) in [6, 6.07) is 3.74. The van der Waals surface area contributed by atoms with Crippen molar-refractivity contribution >= 4 is 51.5 Å². The van der Waals surface area contributed by atoms with Gasteiger partial charge in [-0.2, -0.15) is 0 Å². The number of hydrogen-bond donors (Lipinski definition) is 1. The summed E-state index contributed by atoms with van der Waals surface area (Å²) in [5.41, 5.74) is 1.31. The molecule has 8 heteroatoms. The maximum absolute atomic E-state index is 12.2. The molecule has 23 heavy (non-hydrogen) atoms. The van der Waals surface area contributed by atoms with E-state index in [1.54, 1.807) is 16.7 Å². The third-order valence-electron chi connectivity index (χ3n) is 3.01. The molecule has 0 aliphatic carbocycles.